The molecule has 0 radical (unpaired) electrons. The lowest BCUT2D eigenvalue weighted by Gasteiger charge is -2.40. The van der Waals surface area contributed by atoms with Crippen LogP contribution in [0.2, 0.25) is 0 Å². The molecule has 3 saturated heterocycles. The largest absolute Gasteiger partial charge is 0.465 e. The second kappa shape index (κ2) is 9.89. The maximum Gasteiger partial charge on any atom is 0.313 e. The molecule has 10 nitrogen and oxygen atoms in total. The highest BCUT2D eigenvalue weighted by molar-refractivity contribution is 5.99. The summed E-state index contributed by atoms with van der Waals surface area (Å²) in [7, 11) is 0. The van der Waals surface area contributed by atoms with E-state index in [2.05, 4.69) is 4.90 Å². The lowest BCUT2D eigenvalue weighted by Crippen LogP contribution is -2.59. The molecule has 36 heavy (non-hydrogen) atoms. The van der Waals surface area contributed by atoms with Crippen LogP contribution >= 0.6 is 0 Å². The van der Waals surface area contributed by atoms with Gasteiger partial charge in [-0.3, -0.25) is 19.3 Å². The normalized spacial score (nSPS) is 37.6. The molecule has 1 unspecified atom stereocenters. The Kier molecular flexibility index (Phi) is 6.97. The van der Waals surface area contributed by atoms with Gasteiger partial charge in [-0.15, -0.1) is 0 Å². The number of esters is 1. The summed E-state index contributed by atoms with van der Waals surface area (Å²) in [6.45, 7) is 8.16. The minimum Gasteiger partial charge on any atom is -0.465 e. The summed E-state index contributed by atoms with van der Waals surface area (Å²) in [5, 5.41) is 10.0. The summed E-state index contributed by atoms with van der Waals surface area (Å²) in [5.74, 6) is -2.82. The van der Waals surface area contributed by atoms with Gasteiger partial charge in [-0.25, -0.2) is 0 Å². The van der Waals surface area contributed by atoms with Crippen LogP contribution in [0.1, 0.15) is 26.7 Å². The third-order valence-electron chi connectivity index (χ3n) is 8.45. The number of fused-ring (bicyclic) bond motifs is 2. The molecule has 1 N–H and O–H groups in total. The fourth-order valence-corrected chi connectivity index (χ4v) is 6.56. The molecule has 0 aliphatic carbocycles. The van der Waals surface area contributed by atoms with Gasteiger partial charge in [0.15, 0.2) is 0 Å². The van der Waals surface area contributed by atoms with Gasteiger partial charge in [-0.05, 0) is 19.8 Å². The molecule has 10 heteroatoms. The number of hydrogen-bond donors (Lipinski definition) is 1. The van der Waals surface area contributed by atoms with Gasteiger partial charge in [0, 0.05) is 32.7 Å². The molecular weight excluding hydrogens is 466 g/mol. The second-order valence-corrected chi connectivity index (χ2v) is 10.4. The average molecular weight is 504 g/mol. The van der Waals surface area contributed by atoms with Crippen LogP contribution < -0.4 is 0 Å². The molecule has 0 aromatic rings. The van der Waals surface area contributed by atoms with Crippen LogP contribution in [0.5, 0.6) is 0 Å². The van der Waals surface area contributed by atoms with Crippen molar-refractivity contribution < 1.29 is 33.7 Å². The molecule has 0 saturated carbocycles. The summed E-state index contributed by atoms with van der Waals surface area (Å²) < 4.78 is 17.8. The van der Waals surface area contributed by atoms with E-state index >= 15 is 0 Å². The minimum atomic E-state index is -1.32. The number of carbonyl (C=O) groups excluding carboxylic acids is 3. The molecule has 1 spiro atoms. The maximum absolute atomic E-state index is 14.2. The van der Waals surface area contributed by atoms with Crippen molar-refractivity contribution in [3.05, 3.63) is 24.3 Å². The maximum atomic E-state index is 14.2. The molecule has 5 aliphatic rings. The standard InChI is InChI=1S/C26H37N3O7/c1-3-25-7-4-5-14-35-24(33)20(25)19-22(31)29(18(2)17-30)21-23(32)28(9-6-8-26(19,21)36-25)11-10-27-12-15-34-16-13-27/h4,6-8,18-21,30H,3,5,9-17H2,1-2H3/t18-,19+,20-,21?,25+,26+/m1/s1. The summed E-state index contributed by atoms with van der Waals surface area (Å²) >= 11 is 0. The van der Waals surface area contributed by atoms with E-state index in [1.807, 2.05) is 31.2 Å². The molecule has 2 amide bonds. The number of ether oxygens (including phenoxy) is 3. The second-order valence-electron chi connectivity index (χ2n) is 10.4. The third kappa shape index (κ3) is 3.89. The predicted molar refractivity (Wildman–Crippen MR) is 129 cm³/mol. The van der Waals surface area contributed by atoms with Gasteiger partial charge < -0.3 is 29.1 Å². The Morgan fingerprint density at radius 2 is 1.83 bits per heavy atom. The zero-order valence-electron chi connectivity index (χ0n) is 21.1. The van der Waals surface area contributed by atoms with E-state index < -0.39 is 41.1 Å². The van der Waals surface area contributed by atoms with E-state index in [-0.39, 0.29) is 25.0 Å². The van der Waals surface area contributed by atoms with Gasteiger partial charge in [0.1, 0.15) is 23.2 Å². The van der Waals surface area contributed by atoms with Gasteiger partial charge in [0.05, 0.1) is 38.4 Å². The number of hydrogen-bond acceptors (Lipinski definition) is 8. The number of rotatable bonds is 6. The highest BCUT2D eigenvalue weighted by Crippen LogP contribution is 2.58. The zero-order chi connectivity index (χ0) is 25.5. The first kappa shape index (κ1) is 25.4. The van der Waals surface area contributed by atoms with Crippen LogP contribution in [0.25, 0.3) is 0 Å². The van der Waals surface area contributed by atoms with Crippen LogP contribution in [0.3, 0.4) is 0 Å². The lowest BCUT2D eigenvalue weighted by atomic mass is 9.73. The van der Waals surface area contributed by atoms with E-state index in [4.69, 9.17) is 14.2 Å². The van der Waals surface area contributed by atoms with Crippen molar-refractivity contribution in [2.75, 3.05) is 59.2 Å². The number of carbonyl (C=O) groups is 3. The monoisotopic (exact) mass is 503 g/mol. The number of amides is 2. The molecule has 0 aromatic carbocycles. The predicted octanol–water partition coefficient (Wildman–Crippen LogP) is -0.0381. The number of likely N-dealkylation sites (tertiary alicyclic amines) is 1. The topological polar surface area (TPSA) is 109 Å². The number of cyclic esters (lactones) is 1. The fraction of sp³-hybridized carbons (Fsp3) is 0.731. The van der Waals surface area contributed by atoms with Crippen molar-refractivity contribution >= 4 is 17.8 Å². The smallest absolute Gasteiger partial charge is 0.313 e. The van der Waals surface area contributed by atoms with Crippen LogP contribution in [0, 0.1) is 11.8 Å². The van der Waals surface area contributed by atoms with Crippen molar-refractivity contribution in [3.8, 4) is 0 Å². The van der Waals surface area contributed by atoms with E-state index in [0.29, 0.717) is 45.7 Å². The number of aliphatic hydroxyl groups excluding tert-OH is 1. The molecule has 0 aromatic heterocycles. The van der Waals surface area contributed by atoms with Crippen LogP contribution in [-0.2, 0) is 28.6 Å². The minimum absolute atomic E-state index is 0.220. The first-order chi connectivity index (χ1) is 17.4. The number of morpholine rings is 1. The molecule has 198 valence electrons. The zero-order valence-corrected chi connectivity index (χ0v) is 21.1. The van der Waals surface area contributed by atoms with Crippen molar-refractivity contribution in [1.29, 1.82) is 0 Å². The Morgan fingerprint density at radius 1 is 1.06 bits per heavy atom. The van der Waals surface area contributed by atoms with Gasteiger partial charge in [0.2, 0.25) is 11.8 Å². The SMILES string of the molecule is CC[C@]12C=CCCOC(=O)[C@H]1[C@H]1C(=O)N([C@H](C)CO)C3C(=O)N(CCN4CCOCC4)CC=C[C@@]31O2. The third-order valence-corrected chi connectivity index (χ3v) is 8.45. The Labute approximate surface area is 211 Å². The molecule has 0 bridgehead atoms. The van der Waals surface area contributed by atoms with E-state index in [1.54, 1.807) is 11.8 Å². The van der Waals surface area contributed by atoms with Gasteiger partial charge in [-0.2, -0.15) is 0 Å². The van der Waals surface area contributed by atoms with Gasteiger partial charge in [0.25, 0.3) is 0 Å². The molecule has 5 heterocycles. The Bertz CT molecular complexity index is 948. The first-order valence-corrected chi connectivity index (χ1v) is 13.1. The highest BCUT2D eigenvalue weighted by Gasteiger charge is 2.75. The Hall–Kier alpha value is -2.27. The van der Waals surface area contributed by atoms with Crippen molar-refractivity contribution in [2.45, 2.75) is 50.0 Å². The lowest BCUT2D eigenvalue weighted by molar-refractivity contribution is -0.163. The summed E-state index contributed by atoms with van der Waals surface area (Å²) in [6, 6.07) is -1.58. The summed E-state index contributed by atoms with van der Waals surface area (Å²) in [5.41, 5.74) is -2.36. The van der Waals surface area contributed by atoms with Crippen LogP contribution in [-0.4, -0.2) is 120 Å². The van der Waals surface area contributed by atoms with Crippen molar-refractivity contribution in [1.82, 2.24) is 14.7 Å². The van der Waals surface area contributed by atoms with Gasteiger partial charge >= 0.3 is 5.97 Å². The molecule has 6 atom stereocenters. The highest BCUT2D eigenvalue weighted by atomic mass is 16.6. The number of aliphatic hydroxyl groups is 1. The fourth-order valence-electron chi connectivity index (χ4n) is 6.56. The Morgan fingerprint density at radius 3 is 2.56 bits per heavy atom. The van der Waals surface area contributed by atoms with Crippen molar-refractivity contribution in [2.24, 2.45) is 11.8 Å². The quantitative estimate of drug-likeness (QED) is 0.398. The summed E-state index contributed by atoms with van der Waals surface area (Å²) in [4.78, 5) is 47.0. The first-order valence-electron chi connectivity index (χ1n) is 13.1. The van der Waals surface area contributed by atoms with Crippen LogP contribution in [0.15, 0.2) is 24.3 Å². The molecule has 3 fully saturated rings. The van der Waals surface area contributed by atoms with E-state index in [9.17, 15) is 19.5 Å². The molecular formula is C26H37N3O7. The average Bonchev–Trinajstić information content (AvgIpc) is 3.24. The van der Waals surface area contributed by atoms with E-state index in [0.717, 1.165) is 13.1 Å². The van der Waals surface area contributed by atoms with Gasteiger partial charge in [-0.1, -0.05) is 31.2 Å². The van der Waals surface area contributed by atoms with Crippen LogP contribution in [0.4, 0.5) is 0 Å². The molecule has 5 rings (SSSR count). The Balaban J connectivity index is 1.54. The summed E-state index contributed by atoms with van der Waals surface area (Å²) in [6.07, 6.45) is 8.58. The van der Waals surface area contributed by atoms with Crippen molar-refractivity contribution in [3.63, 3.8) is 0 Å². The molecule has 5 aliphatic heterocycles. The van der Waals surface area contributed by atoms with E-state index in [1.165, 1.54) is 4.90 Å². The number of nitrogens with zero attached hydrogens (tertiary/aromatic N) is 3.